The Morgan fingerprint density at radius 3 is 2.41 bits per heavy atom. The molecule has 198 valence electrons. The SMILES string of the molecule is CC(C)CCCC(C)C1CCC2C3CCC4CC(OCCNCCN)CCC4(C)C3CCC12C. The van der Waals surface area contributed by atoms with E-state index in [-0.39, 0.29) is 0 Å². The fourth-order valence-electron chi connectivity index (χ4n) is 9.92. The minimum Gasteiger partial charge on any atom is -0.377 e. The fraction of sp³-hybridized carbons (Fsp3) is 1.00. The molecule has 3 heteroatoms. The Kier molecular flexibility index (Phi) is 9.12. The third-order valence-electron chi connectivity index (χ3n) is 11.8. The topological polar surface area (TPSA) is 47.3 Å². The van der Waals surface area contributed by atoms with Gasteiger partial charge in [0.25, 0.3) is 0 Å². The molecule has 0 radical (unpaired) electrons. The Balaban J connectivity index is 1.34. The van der Waals surface area contributed by atoms with E-state index in [1.807, 2.05) is 0 Å². The maximum Gasteiger partial charge on any atom is 0.0594 e. The van der Waals surface area contributed by atoms with Gasteiger partial charge < -0.3 is 15.8 Å². The van der Waals surface area contributed by atoms with Crippen molar-refractivity contribution in [3.63, 3.8) is 0 Å². The van der Waals surface area contributed by atoms with E-state index in [9.17, 15) is 0 Å². The molecular weight excluding hydrogens is 416 g/mol. The molecule has 0 bridgehead atoms. The molecule has 9 atom stereocenters. The number of nitrogens with one attached hydrogen (secondary N) is 1. The summed E-state index contributed by atoms with van der Waals surface area (Å²) in [6, 6.07) is 0. The van der Waals surface area contributed by atoms with Crippen molar-refractivity contribution in [3.8, 4) is 0 Å². The monoisotopic (exact) mass is 474 g/mol. The molecule has 4 aliphatic rings. The molecule has 4 saturated carbocycles. The quantitative estimate of drug-likeness (QED) is 0.316. The molecule has 0 aromatic rings. The van der Waals surface area contributed by atoms with Gasteiger partial charge in [-0.25, -0.2) is 0 Å². The lowest BCUT2D eigenvalue weighted by molar-refractivity contribution is -0.136. The summed E-state index contributed by atoms with van der Waals surface area (Å²) in [6.45, 7) is 16.2. The standard InChI is InChI=1S/C31H58N2O/c1-22(2)7-6-8-23(3)27-11-12-28-26-10-9-24-21-25(34-20-19-33-18-17-32)13-15-30(24,4)29(26)14-16-31(27,28)5/h22-29,33H,6-21,32H2,1-5H3. The van der Waals surface area contributed by atoms with Crippen molar-refractivity contribution in [2.24, 2.45) is 58.0 Å². The summed E-state index contributed by atoms with van der Waals surface area (Å²) in [5.41, 5.74) is 6.78. The molecule has 0 amide bonds. The van der Waals surface area contributed by atoms with Gasteiger partial charge in [-0.3, -0.25) is 0 Å². The highest BCUT2D eigenvalue weighted by Gasteiger charge is 2.60. The molecule has 0 aromatic carbocycles. The largest absolute Gasteiger partial charge is 0.377 e. The van der Waals surface area contributed by atoms with Gasteiger partial charge in [0.1, 0.15) is 0 Å². The van der Waals surface area contributed by atoms with Crippen molar-refractivity contribution in [2.75, 3.05) is 26.2 Å². The van der Waals surface area contributed by atoms with Crippen LogP contribution in [-0.4, -0.2) is 32.3 Å². The number of fused-ring (bicyclic) bond motifs is 5. The molecule has 4 rings (SSSR count). The third-order valence-corrected chi connectivity index (χ3v) is 11.8. The summed E-state index contributed by atoms with van der Waals surface area (Å²) < 4.78 is 6.33. The zero-order valence-electron chi connectivity index (χ0n) is 23.4. The Morgan fingerprint density at radius 1 is 0.882 bits per heavy atom. The molecule has 9 unspecified atom stereocenters. The summed E-state index contributed by atoms with van der Waals surface area (Å²) in [5.74, 6) is 6.64. The van der Waals surface area contributed by atoms with Crippen LogP contribution in [0.1, 0.15) is 112 Å². The maximum absolute atomic E-state index is 6.33. The minimum atomic E-state index is 0.491. The zero-order chi connectivity index (χ0) is 24.3. The van der Waals surface area contributed by atoms with Gasteiger partial charge >= 0.3 is 0 Å². The predicted molar refractivity (Wildman–Crippen MR) is 145 cm³/mol. The van der Waals surface area contributed by atoms with Crippen molar-refractivity contribution in [2.45, 2.75) is 118 Å². The molecule has 34 heavy (non-hydrogen) atoms. The van der Waals surface area contributed by atoms with Crippen LogP contribution in [0.5, 0.6) is 0 Å². The Bertz CT molecular complexity index is 637. The smallest absolute Gasteiger partial charge is 0.0594 e. The van der Waals surface area contributed by atoms with Crippen LogP contribution in [0.15, 0.2) is 0 Å². The van der Waals surface area contributed by atoms with Gasteiger partial charge in [-0.2, -0.15) is 0 Å². The number of ether oxygens (including phenoxy) is 1. The second-order valence-electron chi connectivity index (χ2n) is 14.0. The van der Waals surface area contributed by atoms with Crippen molar-refractivity contribution in [1.29, 1.82) is 0 Å². The highest BCUT2D eigenvalue weighted by molar-refractivity contribution is 5.09. The van der Waals surface area contributed by atoms with Crippen molar-refractivity contribution < 1.29 is 4.74 Å². The van der Waals surface area contributed by atoms with E-state index in [4.69, 9.17) is 10.5 Å². The van der Waals surface area contributed by atoms with Gasteiger partial charge in [-0.05, 0) is 110 Å². The Morgan fingerprint density at radius 2 is 1.65 bits per heavy atom. The van der Waals surface area contributed by atoms with E-state index in [0.717, 1.165) is 61.1 Å². The van der Waals surface area contributed by atoms with Crippen molar-refractivity contribution >= 4 is 0 Å². The number of hydrogen-bond acceptors (Lipinski definition) is 3. The number of hydrogen-bond donors (Lipinski definition) is 2. The summed E-state index contributed by atoms with van der Waals surface area (Å²) in [5, 5.41) is 3.38. The molecule has 0 heterocycles. The van der Waals surface area contributed by atoms with Gasteiger partial charge in [0, 0.05) is 19.6 Å². The Hall–Kier alpha value is -0.120. The predicted octanol–water partition coefficient (Wildman–Crippen LogP) is 7.04. The van der Waals surface area contributed by atoms with E-state index in [1.54, 1.807) is 0 Å². The second kappa shape index (κ2) is 11.5. The van der Waals surface area contributed by atoms with Gasteiger partial charge in [0.2, 0.25) is 0 Å². The normalized spacial score (nSPS) is 42.8. The van der Waals surface area contributed by atoms with E-state index in [2.05, 4.69) is 39.9 Å². The first-order valence-electron chi connectivity index (χ1n) is 15.3. The van der Waals surface area contributed by atoms with Crippen molar-refractivity contribution in [3.05, 3.63) is 0 Å². The maximum atomic E-state index is 6.33. The van der Waals surface area contributed by atoms with Crippen molar-refractivity contribution in [1.82, 2.24) is 5.32 Å². The Labute approximate surface area is 212 Å². The average Bonchev–Trinajstić information content (AvgIpc) is 3.16. The van der Waals surface area contributed by atoms with Crippen LogP contribution >= 0.6 is 0 Å². The van der Waals surface area contributed by atoms with Gasteiger partial charge in [-0.15, -0.1) is 0 Å². The lowest BCUT2D eigenvalue weighted by Crippen LogP contribution is -2.54. The summed E-state index contributed by atoms with van der Waals surface area (Å²) in [7, 11) is 0. The first-order valence-corrected chi connectivity index (χ1v) is 15.3. The third kappa shape index (κ3) is 5.42. The van der Waals surface area contributed by atoms with Crippen LogP contribution in [0.2, 0.25) is 0 Å². The molecule has 0 aliphatic heterocycles. The second-order valence-corrected chi connectivity index (χ2v) is 14.0. The van der Waals surface area contributed by atoms with Crippen LogP contribution < -0.4 is 11.1 Å². The van der Waals surface area contributed by atoms with Gasteiger partial charge in [0.05, 0.1) is 12.7 Å². The highest BCUT2D eigenvalue weighted by atomic mass is 16.5. The molecule has 0 saturated heterocycles. The van der Waals surface area contributed by atoms with E-state index >= 15 is 0 Å². The summed E-state index contributed by atoms with van der Waals surface area (Å²) in [4.78, 5) is 0. The molecule has 4 fully saturated rings. The molecular formula is C31H58N2O. The first kappa shape index (κ1) is 26.9. The number of rotatable bonds is 11. The fourth-order valence-corrected chi connectivity index (χ4v) is 9.92. The van der Waals surface area contributed by atoms with Crippen LogP contribution in [0.4, 0.5) is 0 Å². The number of nitrogens with two attached hydrogens (primary N) is 1. The van der Waals surface area contributed by atoms with Crippen LogP contribution in [0.25, 0.3) is 0 Å². The minimum absolute atomic E-state index is 0.491. The van der Waals surface area contributed by atoms with Gasteiger partial charge in [0.15, 0.2) is 0 Å². The highest BCUT2D eigenvalue weighted by Crippen LogP contribution is 2.68. The molecule has 3 N–H and O–H groups in total. The van der Waals surface area contributed by atoms with Crippen LogP contribution in [0.3, 0.4) is 0 Å². The summed E-state index contributed by atoms with van der Waals surface area (Å²) >= 11 is 0. The molecule has 0 spiro atoms. The lowest BCUT2D eigenvalue weighted by Gasteiger charge is -2.61. The summed E-state index contributed by atoms with van der Waals surface area (Å²) in [6.07, 6.45) is 17.8. The molecule has 4 aliphatic carbocycles. The van der Waals surface area contributed by atoms with E-state index in [1.165, 1.54) is 77.0 Å². The molecule has 3 nitrogen and oxygen atoms in total. The molecule has 0 aromatic heterocycles. The zero-order valence-corrected chi connectivity index (χ0v) is 23.4. The lowest BCUT2D eigenvalue weighted by atomic mass is 9.44. The van der Waals surface area contributed by atoms with E-state index in [0.29, 0.717) is 23.5 Å². The van der Waals surface area contributed by atoms with E-state index < -0.39 is 0 Å². The average molecular weight is 475 g/mol. The van der Waals surface area contributed by atoms with Gasteiger partial charge in [-0.1, -0.05) is 53.9 Å². The van der Waals surface area contributed by atoms with Crippen LogP contribution in [-0.2, 0) is 4.74 Å². The van der Waals surface area contributed by atoms with Crippen LogP contribution in [0, 0.1) is 52.3 Å². The first-order chi connectivity index (χ1) is 16.3.